The zero-order valence-corrected chi connectivity index (χ0v) is 21.8. The van der Waals surface area contributed by atoms with Gasteiger partial charge in [-0.2, -0.15) is 0 Å². The predicted octanol–water partition coefficient (Wildman–Crippen LogP) is 4.89. The van der Waals surface area contributed by atoms with Crippen molar-refractivity contribution < 1.29 is 29.0 Å². The van der Waals surface area contributed by atoms with Crippen LogP contribution in [0.2, 0.25) is 0 Å². The van der Waals surface area contributed by atoms with Gasteiger partial charge in [0.05, 0.1) is 6.42 Å². The second-order valence-electron chi connectivity index (χ2n) is 10.3. The molecule has 1 heterocycles. The van der Waals surface area contributed by atoms with Gasteiger partial charge in [0.1, 0.15) is 18.2 Å². The van der Waals surface area contributed by atoms with Gasteiger partial charge in [-0.1, -0.05) is 54.6 Å². The smallest absolute Gasteiger partial charge is 0.407 e. The summed E-state index contributed by atoms with van der Waals surface area (Å²) in [4.78, 5) is 40.7. The minimum absolute atomic E-state index is 0.0406. The zero-order valence-electron chi connectivity index (χ0n) is 21.8. The van der Waals surface area contributed by atoms with E-state index in [2.05, 4.69) is 10.3 Å². The maximum absolute atomic E-state index is 12.6. The summed E-state index contributed by atoms with van der Waals surface area (Å²) in [6.07, 6.45) is 1.42. The molecular formula is C30H32N2O6. The predicted molar refractivity (Wildman–Crippen MR) is 142 cm³/mol. The molecule has 1 aromatic heterocycles. The molecular weight excluding hydrogens is 484 g/mol. The van der Waals surface area contributed by atoms with Crippen molar-refractivity contribution >= 4 is 18.0 Å². The maximum Gasteiger partial charge on any atom is 0.407 e. The lowest BCUT2D eigenvalue weighted by molar-refractivity contribution is -0.154. The van der Waals surface area contributed by atoms with Crippen molar-refractivity contribution in [1.82, 2.24) is 10.3 Å². The lowest BCUT2D eigenvalue weighted by Gasteiger charge is -2.19. The molecule has 0 saturated carbocycles. The minimum atomic E-state index is -1.18. The Balaban J connectivity index is 1.31. The van der Waals surface area contributed by atoms with Crippen molar-refractivity contribution in [2.75, 3.05) is 6.61 Å². The van der Waals surface area contributed by atoms with E-state index in [-0.39, 0.29) is 31.3 Å². The number of amides is 1. The number of hydrogen-bond acceptors (Lipinski definition) is 6. The summed E-state index contributed by atoms with van der Waals surface area (Å²) in [6, 6.07) is 18.3. The van der Waals surface area contributed by atoms with Crippen LogP contribution in [0.15, 0.2) is 66.9 Å². The Kier molecular flexibility index (Phi) is 8.10. The molecule has 8 nitrogen and oxygen atoms in total. The molecule has 198 valence electrons. The molecule has 1 aliphatic rings. The number of carboxylic acid groups (broad SMARTS) is 1. The van der Waals surface area contributed by atoms with Crippen LogP contribution in [0.3, 0.4) is 0 Å². The number of carbonyl (C=O) groups excluding carboxylic acids is 2. The molecule has 0 spiro atoms. The molecule has 3 aromatic rings. The van der Waals surface area contributed by atoms with Crippen molar-refractivity contribution in [2.24, 2.45) is 0 Å². The number of ether oxygens (including phenoxy) is 2. The Morgan fingerprint density at radius 1 is 0.974 bits per heavy atom. The number of fused-ring (bicyclic) bond motifs is 3. The molecule has 2 aromatic carbocycles. The van der Waals surface area contributed by atoms with E-state index in [1.165, 1.54) is 0 Å². The first-order chi connectivity index (χ1) is 18.1. The average Bonchev–Trinajstić information content (AvgIpc) is 3.19. The number of pyridine rings is 1. The molecule has 1 atom stereocenters. The summed E-state index contributed by atoms with van der Waals surface area (Å²) in [5.41, 5.74) is 5.17. The fraction of sp³-hybridized carbons (Fsp3) is 0.333. The number of alkyl carbamates (subject to hydrolysis) is 1. The van der Waals surface area contributed by atoms with Crippen LogP contribution in [-0.2, 0) is 31.9 Å². The van der Waals surface area contributed by atoms with Crippen LogP contribution < -0.4 is 5.32 Å². The Hall–Kier alpha value is -4.20. The van der Waals surface area contributed by atoms with Gasteiger partial charge >= 0.3 is 18.0 Å². The maximum atomic E-state index is 12.6. The number of esters is 1. The first-order valence-electron chi connectivity index (χ1n) is 12.6. The van der Waals surface area contributed by atoms with Gasteiger partial charge in [0, 0.05) is 30.7 Å². The second kappa shape index (κ2) is 11.5. The molecule has 0 aliphatic heterocycles. The highest BCUT2D eigenvalue weighted by molar-refractivity contribution is 5.81. The first-order valence-corrected chi connectivity index (χ1v) is 12.6. The van der Waals surface area contributed by atoms with Gasteiger partial charge in [0.2, 0.25) is 0 Å². The molecule has 8 heteroatoms. The third-order valence-corrected chi connectivity index (χ3v) is 6.26. The number of nitrogens with zero attached hydrogens (tertiary/aromatic N) is 1. The standard InChI is InChI=1S/C30H32N2O6/c1-30(2,3)38-27(33)15-14-20-13-12-19(17-31-20)16-26(28(34)35)32-29(36)37-18-25-23-10-6-4-8-21(23)22-9-5-7-11-24(22)25/h4-13,17,25-26H,14-16,18H2,1-3H3,(H,32,36)(H,34,35)/t26-/m0/s1. The molecule has 0 bridgehead atoms. The minimum Gasteiger partial charge on any atom is -0.480 e. The topological polar surface area (TPSA) is 115 Å². The van der Waals surface area contributed by atoms with Crippen LogP contribution in [0.5, 0.6) is 0 Å². The van der Waals surface area contributed by atoms with Gasteiger partial charge in [-0.15, -0.1) is 0 Å². The molecule has 0 unspecified atom stereocenters. The van der Waals surface area contributed by atoms with Crippen molar-refractivity contribution in [3.63, 3.8) is 0 Å². The Bertz CT molecular complexity index is 1270. The van der Waals surface area contributed by atoms with Gasteiger partial charge in [0.15, 0.2) is 0 Å². The van der Waals surface area contributed by atoms with Crippen LogP contribution >= 0.6 is 0 Å². The molecule has 2 N–H and O–H groups in total. The number of nitrogens with one attached hydrogen (secondary N) is 1. The van der Waals surface area contributed by atoms with E-state index < -0.39 is 23.7 Å². The third kappa shape index (κ3) is 6.76. The number of aliphatic carboxylic acids is 1. The SMILES string of the molecule is CC(C)(C)OC(=O)CCc1ccc(C[C@H](NC(=O)OCC2c3ccccc3-c3ccccc32)C(=O)O)cn1. The lowest BCUT2D eigenvalue weighted by atomic mass is 9.98. The second-order valence-corrected chi connectivity index (χ2v) is 10.3. The number of aromatic nitrogens is 1. The number of aryl methyl sites for hydroxylation is 1. The number of hydrogen-bond donors (Lipinski definition) is 2. The summed E-state index contributed by atoms with van der Waals surface area (Å²) in [5.74, 6) is -1.59. The Labute approximate surface area is 222 Å². The molecule has 0 radical (unpaired) electrons. The number of benzene rings is 2. The quantitative estimate of drug-likeness (QED) is 0.389. The highest BCUT2D eigenvalue weighted by Gasteiger charge is 2.30. The molecule has 1 amide bonds. The van der Waals surface area contributed by atoms with Crippen molar-refractivity contribution in [1.29, 1.82) is 0 Å². The van der Waals surface area contributed by atoms with Gasteiger partial charge in [0.25, 0.3) is 0 Å². The van der Waals surface area contributed by atoms with E-state index >= 15 is 0 Å². The molecule has 38 heavy (non-hydrogen) atoms. The zero-order chi connectivity index (χ0) is 27.3. The number of carboxylic acids is 1. The number of rotatable bonds is 9. The molecule has 4 rings (SSSR count). The fourth-order valence-corrected chi connectivity index (χ4v) is 4.56. The van der Waals surface area contributed by atoms with E-state index in [1.807, 2.05) is 69.3 Å². The van der Waals surface area contributed by atoms with E-state index in [0.29, 0.717) is 17.7 Å². The van der Waals surface area contributed by atoms with Gasteiger partial charge < -0.3 is 19.9 Å². The third-order valence-electron chi connectivity index (χ3n) is 6.26. The van der Waals surface area contributed by atoms with E-state index in [4.69, 9.17) is 9.47 Å². The van der Waals surface area contributed by atoms with Crippen LogP contribution in [0.25, 0.3) is 11.1 Å². The van der Waals surface area contributed by atoms with Gasteiger partial charge in [-0.3, -0.25) is 9.78 Å². The highest BCUT2D eigenvalue weighted by atomic mass is 16.6. The molecule has 1 aliphatic carbocycles. The van der Waals surface area contributed by atoms with Crippen LogP contribution in [0.4, 0.5) is 4.79 Å². The first kappa shape index (κ1) is 26.9. The van der Waals surface area contributed by atoms with E-state index in [1.54, 1.807) is 18.3 Å². The van der Waals surface area contributed by atoms with Gasteiger partial charge in [-0.05, 0) is 54.7 Å². The largest absolute Gasteiger partial charge is 0.480 e. The van der Waals surface area contributed by atoms with Crippen LogP contribution in [0, 0.1) is 0 Å². The number of carbonyl (C=O) groups is 3. The highest BCUT2D eigenvalue weighted by Crippen LogP contribution is 2.44. The van der Waals surface area contributed by atoms with Crippen molar-refractivity contribution in [3.8, 4) is 11.1 Å². The summed E-state index contributed by atoms with van der Waals surface area (Å²) in [5, 5.41) is 12.1. The normalized spacial score (nSPS) is 13.2. The van der Waals surface area contributed by atoms with Gasteiger partial charge in [-0.25, -0.2) is 9.59 Å². The van der Waals surface area contributed by atoms with Crippen LogP contribution in [0.1, 0.15) is 55.5 Å². The summed E-state index contributed by atoms with van der Waals surface area (Å²) < 4.78 is 10.8. The van der Waals surface area contributed by atoms with Crippen molar-refractivity contribution in [2.45, 2.75) is 57.6 Å². The summed E-state index contributed by atoms with van der Waals surface area (Å²) in [6.45, 7) is 5.54. The average molecular weight is 517 g/mol. The molecule has 0 fully saturated rings. The van der Waals surface area contributed by atoms with E-state index in [9.17, 15) is 19.5 Å². The summed E-state index contributed by atoms with van der Waals surface area (Å²) >= 11 is 0. The summed E-state index contributed by atoms with van der Waals surface area (Å²) in [7, 11) is 0. The Morgan fingerprint density at radius 3 is 2.16 bits per heavy atom. The van der Waals surface area contributed by atoms with E-state index in [0.717, 1.165) is 22.3 Å². The Morgan fingerprint density at radius 2 is 1.61 bits per heavy atom. The monoisotopic (exact) mass is 516 g/mol. The van der Waals surface area contributed by atoms with Crippen LogP contribution in [-0.4, -0.2) is 46.4 Å². The van der Waals surface area contributed by atoms with Crippen molar-refractivity contribution in [3.05, 3.63) is 89.2 Å². The molecule has 0 saturated heterocycles. The fourth-order valence-electron chi connectivity index (χ4n) is 4.56. The lowest BCUT2D eigenvalue weighted by Crippen LogP contribution is -2.42.